The van der Waals surface area contributed by atoms with Gasteiger partial charge in [-0.2, -0.15) is 8.42 Å². The normalized spacial score (nSPS) is 11.3. The predicted octanol–water partition coefficient (Wildman–Crippen LogP) is 0.672. The van der Waals surface area contributed by atoms with Crippen LogP contribution in [0.15, 0.2) is 31.1 Å². The number of aromatic nitrogens is 1. The second kappa shape index (κ2) is 9.39. The first-order valence-corrected chi connectivity index (χ1v) is 8.63. The second-order valence-corrected chi connectivity index (χ2v) is 7.63. The van der Waals surface area contributed by atoms with E-state index in [1.54, 1.807) is 6.08 Å². The van der Waals surface area contributed by atoms with E-state index in [9.17, 15) is 13.2 Å². The molecule has 0 atom stereocenters. The average Bonchev–Trinajstić information content (AvgIpc) is 2.36. The van der Waals surface area contributed by atoms with Gasteiger partial charge in [0.15, 0.2) is 18.9 Å². The Hall–Kier alpha value is -1.77. The van der Waals surface area contributed by atoms with E-state index in [2.05, 4.69) is 6.58 Å². The number of rotatable bonds is 7. The molecule has 130 valence electrons. The minimum absolute atomic E-state index is 0.181. The maximum Gasteiger partial charge on any atom is 0.359 e. The van der Waals surface area contributed by atoms with Crippen molar-refractivity contribution in [2.24, 2.45) is 0 Å². The lowest BCUT2D eigenvalue weighted by Gasteiger charge is -2.20. The zero-order chi connectivity index (χ0) is 18.1. The molecule has 2 N–H and O–H groups in total. The highest BCUT2D eigenvalue weighted by atomic mass is 32.2. The third-order valence-corrected chi connectivity index (χ3v) is 3.39. The molecule has 0 spiro atoms. The lowest BCUT2D eigenvalue weighted by Crippen LogP contribution is -2.39. The van der Waals surface area contributed by atoms with Crippen LogP contribution in [-0.4, -0.2) is 62.0 Å². The minimum atomic E-state index is -3.84. The molecule has 0 fully saturated rings. The monoisotopic (exact) mass is 346 g/mol. The summed E-state index contributed by atoms with van der Waals surface area (Å²) in [5.41, 5.74) is 1.01. The Morgan fingerprint density at radius 3 is 2.13 bits per heavy atom. The molecular weight excluding hydrogens is 320 g/mol. The van der Waals surface area contributed by atoms with Crippen LogP contribution in [0.1, 0.15) is 12.0 Å². The van der Waals surface area contributed by atoms with Crippen molar-refractivity contribution in [3.63, 3.8) is 0 Å². The summed E-state index contributed by atoms with van der Waals surface area (Å²) in [5.74, 6) is -0.957. The van der Waals surface area contributed by atoms with Gasteiger partial charge in [-0.1, -0.05) is 12.7 Å². The van der Waals surface area contributed by atoms with Crippen molar-refractivity contribution in [1.82, 2.24) is 0 Å². The van der Waals surface area contributed by atoms with Crippen molar-refractivity contribution >= 4 is 22.2 Å². The SMILES string of the molecule is C=Cc1cc[n+](CCCS(=O)(=O)O)cc1.C[N+](C)(C)CC(=O)O. The fourth-order valence-corrected chi connectivity index (χ4v) is 2.08. The van der Waals surface area contributed by atoms with E-state index in [0.717, 1.165) is 5.56 Å². The molecule has 1 aromatic rings. The van der Waals surface area contributed by atoms with E-state index in [0.29, 0.717) is 17.4 Å². The van der Waals surface area contributed by atoms with Gasteiger partial charge < -0.3 is 9.59 Å². The molecule has 1 rings (SSSR count). The van der Waals surface area contributed by atoms with Crippen molar-refractivity contribution in [1.29, 1.82) is 0 Å². The van der Waals surface area contributed by atoms with Gasteiger partial charge in [-0.05, 0) is 5.56 Å². The predicted molar refractivity (Wildman–Crippen MR) is 88.3 cm³/mol. The number of hydrogen-bond acceptors (Lipinski definition) is 3. The number of aliphatic carboxylic acids is 1. The Balaban J connectivity index is 0.000000515. The molecule has 0 saturated heterocycles. The van der Waals surface area contributed by atoms with E-state index in [1.165, 1.54) is 0 Å². The summed E-state index contributed by atoms with van der Waals surface area (Å²) in [6.07, 6.45) is 5.83. The second-order valence-electron chi connectivity index (χ2n) is 6.06. The zero-order valence-corrected chi connectivity index (χ0v) is 14.7. The van der Waals surface area contributed by atoms with E-state index in [-0.39, 0.29) is 12.3 Å². The van der Waals surface area contributed by atoms with Crippen molar-refractivity contribution in [2.45, 2.75) is 13.0 Å². The van der Waals surface area contributed by atoms with Crippen molar-refractivity contribution in [3.8, 4) is 0 Å². The summed E-state index contributed by atoms with van der Waals surface area (Å²) in [6, 6.07) is 3.78. The summed E-state index contributed by atoms with van der Waals surface area (Å²) in [4.78, 5) is 10.00. The molecule has 0 unspecified atom stereocenters. The van der Waals surface area contributed by atoms with Crippen LogP contribution >= 0.6 is 0 Å². The Bertz CT molecular complexity index is 604. The number of carboxylic acids is 1. The Kier molecular flexibility index (Phi) is 8.66. The number of carbonyl (C=O) groups is 1. The lowest BCUT2D eigenvalue weighted by molar-refractivity contribution is -0.862. The van der Waals surface area contributed by atoms with Gasteiger partial charge in [-0.15, -0.1) is 0 Å². The third kappa shape index (κ3) is 13.6. The standard InChI is InChI=1S/C10H13NO3S.C5H11NO2/c1-2-10-4-7-11(8-5-10)6-3-9-15(12,13)14;1-6(2,3)4-5(7)8/h2,4-5,7-8H,1,3,6,9H2;4H2,1-3H3/p+2. The van der Waals surface area contributed by atoms with Gasteiger partial charge in [0.05, 0.1) is 26.9 Å². The largest absolute Gasteiger partial charge is 0.477 e. The number of quaternary nitrogens is 1. The summed E-state index contributed by atoms with van der Waals surface area (Å²) < 4.78 is 31.8. The molecular formula is C15H26N2O5S+2. The fraction of sp³-hybridized carbons (Fsp3) is 0.467. The van der Waals surface area contributed by atoms with Crippen LogP contribution in [0.2, 0.25) is 0 Å². The lowest BCUT2D eigenvalue weighted by atomic mass is 10.3. The minimum Gasteiger partial charge on any atom is -0.477 e. The zero-order valence-electron chi connectivity index (χ0n) is 13.8. The average molecular weight is 346 g/mol. The van der Waals surface area contributed by atoms with E-state index in [4.69, 9.17) is 9.66 Å². The molecule has 23 heavy (non-hydrogen) atoms. The van der Waals surface area contributed by atoms with E-state index in [1.807, 2.05) is 50.2 Å². The molecule has 0 saturated carbocycles. The highest BCUT2D eigenvalue weighted by molar-refractivity contribution is 7.85. The molecule has 0 aliphatic heterocycles. The van der Waals surface area contributed by atoms with E-state index < -0.39 is 16.1 Å². The maximum atomic E-state index is 10.5. The highest BCUT2D eigenvalue weighted by Gasteiger charge is 2.11. The molecule has 0 aromatic carbocycles. The van der Waals surface area contributed by atoms with Gasteiger partial charge in [0.25, 0.3) is 10.1 Å². The molecule has 0 radical (unpaired) electrons. The molecule has 1 heterocycles. The number of nitrogens with zero attached hydrogens (tertiary/aromatic N) is 2. The number of likely N-dealkylation sites (N-methyl/N-ethyl adjacent to an activating group) is 1. The Morgan fingerprint density at radius 1 is 1.30 bits per heavy atom. The summed E-state index contributed by atoms with van der Waals surface area (Å²) in [6.45, 7) is 4.38. The van der Waals surface area contributed by atoms with Gasteiger partial charge >= 0.3 is 5.97 Å². The van der Waals surface area contributed by atoms with Crippen LogP contribution in [0.25, 0.3) is 6.08 Å². The Morgan fingerprint density at radius 2 is 1.83 bits per heavy atom. The number of hydrogen-bond donors (Lipinski definition) is 2. The molecule has 0 amide bonds. The van der Waals surface area contributed by atoms with Crippen LogP contribution in [-0.2, 0) is 21.5 Å². The van der Waals surface area contributed by atoms with Gasteiger partial charge in [0.1, 0.15) is 6.54 Å². The van der Waals surface area contributed by atoms with Crippen LogP contribution in [0.4, 0.5) is 0 Å². The van der Waals surface area contributed by atoms with Crippen LogP contribution in [0, 0.1) is 0 Å². The number of pyridine rings is 1. The topological polar surface area (TPSA) is 95.5 Å². The third-order valence-electron chi connectivity index (χ3n) is 2.58. The maximum absolute atomic E-state index is 10.5. The van der Waals surface area contributed by atoms with Crippen molar-refractivity contribution < 1.29 is 31.9 Å². The first-order valence-electron chi connectivity index (χ1n) is 7.02. The van der Waals surface area contributed by atoms with Crippen molar-refractivity contribution in [3.05, 3.63) is 36.7 Å². The van der Waals surface area contributed by atoms with Gasteiger partial charge in [-0.25, -0.2) is 9.36 Å². The van der Waals surface area contributed by atoms with Gasteiger partial charge in [-0.3, -0.25) is 4.55 Å². The molecule has 1 aromatic heterocycles. The van der Waals surface area contributed by atoms with E-state index >= 15 is 0 Å². The first-order chi connectivity index (χ1) is 10.4. The van der Waals surface area contributed by atoms with Crippen LogP contribution in [0.3, 0.4) is 0 Å². The number of carboxylic acid groups (broad SMARTS) is 1. The molecule has 0 bridgehead atoms. The quantitative estimate of drug-likeness (QED) is 0.430. The van der Waals surface area contributed by atoms with Gasteiger partial charge in [0, 0.05) is 18.6 Å². The fourth-order valence-electron chi connectivity index (χ4n) is 1.59. The summed E-state index contributed by atoms with van der Waals surface area (Å²) in [7, 11) is 1.69. The summed E-state index contributed by atoms with van der Waals surface area (Å²) >= 11 is 0. The molecule has 0 aliphatic carbocycles. The summed E-state index contributed by atoms with van der Waals surface area (Å²) in [5, 5.41) is 8.23. The first kappa shape index (κ1) is 21.2. The Labute approximate surface area is 137 Å². The molecule has 7 nitrogen and oxygen atoms in total. The number of aryl methyl sites for hydroxylation is 1. The van der Waals surface area contributed by atoms with Crippen LogP contribution < -0.4 is 4.57 Å². The van der Waals surface area contributed by atoms with Crippen LogP contribution in [0.5, 0.6) is 0 Å². The molecule has 8 heteroatoms. The van der Waals surface area contributed by atoms with Crippen molar-refractivity contribution in [2.75, 3.05) is 33.4 Å². The smallest absolute Gasteiger partial charge is 0.359 e. The molecule has 0 aliphatic rings. The highest BCUT2D eigenvalue weighted by Crippen LogP contribution is 1.96. The van der Waals surface area contributed by atoms with Gasteiger partial charge in [0.2, 0.25) is 0 Å².